The number of rotatable bonds is 5. The lowest BCUT2D eigenvalue weighted by Crippen LogP contribution is -2.52. The molecule has 3 atom stereocenters. The molecule has 2 aliphatic rings. The Balaban J connectivity index is 1.34. The third-order valence-electron chi connectivity index (χ3n) is 7.85. The Morgan fingerprint density at radius 3 is 2.67 bits per heavy atom. The first-order chi connectivity index (χ1) is 20.1. The van der Waals surface area contributed by atoms with Gasteiger partial charge in [-0.2, -0.15) is 5.26 Å². The van der Waals surface area contributed by atoms with E-state index in [0.717, 1.165) is 6.07 Å². The number of aromatic amines is 1. The van der Waals surface area contributed by atoms with E-state index in [-0.39, 0.29) is 41.5 Å². The predicted molar refractivity (Wildman–Crippen MR) is 147 cm³/mol. The molecule has 1 unspecified atom stereocenters. The van der Waals surface area contributed by atoms with E-state index in [1.54, 1.807) is 24.3 Å². The van der Waals surface area contributed by atoms with Gasteiger partial charge in [0.15, 0.2) is 0 Å². The number of halogens is 4. The Morgan fingerprint density at radius 1 is 1.12 bits per heavy atom. The molecule has 1 spiro atoms. The van der Waals surface area contributed by atoms with Crippen LogP contribution in [0.1, 0.15) is 28.0 Å². The van der Waals surface area contributed by atoms with E-state index in [1.807, 2.05) is 0 Å². The van der Waals surface area contributed by atoms with Crippen LogP contribution in [0, 0.1) is 28.8 Å². The maximum Gasteiger partial charge on any atom is 0.268 e. The summed E-state index contributed by atoms with van der Waals surface area (Å²) in [5.41, 5.74) is -0.174. The Bertz CT molecular complexity index is 1840. The second kappa shape index (κ2) is 10.2. The zero-order valence-electron chi connectivity index (χ0n) is 21.7. The average molecular weight is 592 g/mol. The van der Waals surface area contributed by atoms with Crippen molar-refractivity contribution in [3.8, 4) is 6.07 Å². The van der Waals surface area contributed by atoms with E-state index < -0.39 is 52.7 Å². The van der Waals surface area contributed by atoms with Crippen LogP contribution in [0.5, 0.6) is 0 Å². The molecule has 1 saturated heterocycles. The number of H-pyrrole nitrogens is 1. The number of carbonyl (C=O) groups is 3. The highest BCUT2D eigenvalue weighted by molar-refractivity contribution is 6.31. The molecule has 3 amide bonds. The predicted octanol–water partition coefficient (Wildman–Crippen LogP) is 4.59. The molecule has 0 aliphatic carbocycles. The summed E-state index contributed by atoms with van der Waals surface area (Å²) in [7, 11) is 0. The average Bonchev–Trinajstić information content (AvgIpc) is 3.64. The zero-order valence-corrected chi connectivity index (χ0v) is 22.4. The van der Waals surface area contributed by atoms with Crippen molar-refractivity contribution in [2.75, 3.05) is 11.9 Å². The lowest BCUT2D eigenvalue weighted by atomic mass is 9.80. The number of nitrogens with one attached hydrogen (secondary N) is 3. The molecule has 3 aromatic carbocycles. The molecule has 212 valence electrons. The quantitative estimate of drug-likeness (QED) is 0.314. The van der Waals surface area contributed by atoms with Crippen molar-refractivity contribution >= 4 is 45.9 Å². The molecule has 6 rings (SSSR count). The maximum atomic E-state index is 14.7. The summed E-state index contributed by atoms with van der Waals surface area (Å²) < 4.78 is 42.7. The molecule has 12 heteroatoms. The van der Waals surface area contributed by atoms with Gasteiger partial charge in [0, 0.05) is 41.5 Å². The first-order valence-electron chi connectivity index (χ1n) is 12.9. The van der Waals surface area contributed by atoms with Crippen molar-refractivity contribution in [2.45, 2.75) is 30.3 Å². The van der Waals surface area contributed by atoms with Gasteiger partial charge in [-0.15, -0.1) is 0 Å². The topological polar surface area (TPSA) is 118 Å². The van der Waals surface area contributed by atoms with Crippen LogP contribution in [0.25, 0.3) is 10.9 Å². The van der Waals surface area contributed by atoms with E-state index in [0.29, 0.717) is 22.3 Å². The summed E-state index contributed by atoms with van der Waals surface area (Å²) >= 11 is 6.21. The lowest BCUT2D eigenvalue weighted by Gasteiger charge is -2.27. The number of hydrogen-bond acceptors (Lipinski definition) is 4. The van der Waals surface area contributed by atoms with E-state index in [1.165, 1.54) is 29.2 Å². The van der Waals surface area contributed by atoms with E-state index >= 15 is 0 Å². The summed E-state index contributed by atoms with van der Waals surface area (Å²) in [6, 6.07) is 13.1. The summed E-state index contributed by atoms with van der Waals surface area (Å²) in [6.07, 6.45) is -0.293. The minimum absolute atomic E-state index is 0.0123. The molecule has 8 nitrogen and oxygen atoms in total. The number of nitrogens with zero attached hydrogens (tertiary/aromatic N) is 2. The third-order valence-corrected chi connectivity index (χ3v) is 8.09. The lowest BCUT2D eigenvalue weighted by molar-refractivity contribution is -0.133. The van der Waals surface area contributed by atoms with Crippen LogP contribution in [0.4, 0.5) is 18.9 Å². The molecule has 4 aromatic rings. The number of carbonyl (C=O) groups excluding carboxylic acids is 3. The molecule has 0 radical (unpaired) electrons. The largest absolute Gasteiger partial charge is 0.350 e. The molecular weight excluding hydrogens is 571 g/mol. The second-order valence-corrected chi connectivity index (χ2v) is 10.8. The van der Waals surface area contributed by atoms with Gasteiger partial charge < -0.3 is 20.5 Å². The highest BCUT2D eigenvalue weighted by Crippen LogP contribution is 2.47. The van der Waals surface area contributed by atoms with Gasteiger partial charge in [-0.1, -0.05) is 29.8 Å². The molecular formula is C30H21ClF3N5O3. The summed E-state index contributed by atoms with van der Waals surface area (Å²) in [4.78, 5) is 44.4. The minimum Gasteiger partial charge on any atom is -0.350 e. The number of nitriles is 1. The van der Waals surface area contributed by atoms with Crippen LogP contribution in [-0.2, 0) is 21.4 Å². The number of amides is 3. The van der Waals surface area contributed by atoms with E-state index in [4.69, 9.17) is 11.6 Å². The van der Waals surface area contributed by atoms with Crippen molar-refractivity contribution in [1.82, 2.24) is 15.2 Å². The monoisotopic (exact) mass is 591 g/mol. The number of hydrogen-bond donors (Lipinski definition) is 3. The highest BCUT2D eigenvalue weighted by atomic mass is 35.5. The van der Waals surface area contributed by atoms with Crippen LogP contribution in [0.15, 0.2) is 60.7 Å². The SMILES string of the molecule is N#C[C@@H]1C[C@@]2(CN1C(=O)C(Cc1ccccc1F)NC(=O)c1cc3c(F)cc(F)cc3[nH]1)C(=O)Nc1ccc(Cl)cc12. The molecule has 2 aliphatic heterocycles. The van der Waals surface area contributed by atoms with Gasteiger partial charge in [0.05, 0.1) is 17.0 Å². The number of aromatic nitrogens is 1. The second-order valence-electron chi connectivity index (χ2n) is 10.4. The Morgan fingerprint density at radius 2 is 1.90 bits per heavy atom. The van der Waals surface area contributed by atoms with Gasteiger partial charge in [-0.05, 0) is 47.5 Å². The zero-order chi connectivity index (χ0) is 29.8. The van der Waals surface area contributed by atoms with Gasteiger partial charge in [0.2, 0.25) is 11.8 Å². The fourth-order valence-corrected chi connectivity index (χ4v) is 5.97. The summed E-state index contributed by atoms with van der Waals surface area (Å²) in [6.45, 7) is -0.177. The van der Waals surface area contributed by atoms with Crippen molar-refractivity contribution < 1.29 is 27.6 Å². The molecule has 1 fully saturated rings. The van der Waals surface area contributed by atoms with Crippen LogP contribution in [0.3, 0.4) is 0 Å². The van der Waals surface area contributed by atoms with Crippen molar-refractivity contribution in [3.05, 3.63) is 100.0 Å². The van der Waals surface area contributed by atoms with Crippen molar-refractivity contribution in [2.24, 2.45) is 0 Å². The summed E-state index contributed by atoms with van der Waals surface area (Å²) in [5, 5.41) is 15.7. The fraction of sp³-hybridized carbons (Fsp3) is 0.200. The first-order valence-corrected chi connectivity index (χ1v) is 13.3. The Labute approximate surface area is 242 Å². The van der Waals surface area contributed by atoms with Gasteiger partial charge in [0.1, 0.15) is 35.2 Å². The van der Waals surface area contributed by atoms with Crippen molar-refractivity contribution in [1.29, 1.82) is 5.26 Å². The van der Waals surface area contributed by atoms with Crippen molar-refractivity contribution in [3.63, 3.8) is 0 Å². The Kier molecular flexibility index (Phi) is 6.66. The van der Waals surface area contributed by atoms with Gasteiger partial charge in [-0.3, -0.25) is 14.4 Å². The first kappa shape index (κ1) is 27.4. The smallest absolute Gasteiger partial charge is 0.268 e. The normalized spacial score (nSPS) is 19.9. The number of fused-ring (bicyclic) bond motifs is 3. The van der Waals surface area contributed by atoms with Gasteiger partial charge in [-0.25, -0.2) is 13.2 Å². The van der Waals surface area contributed by atoms with Gasteiger partial charge >= 0.3 is 0 Å². The van der Waals surface area contributed by atoms with Gasteiger partial charge in [0.25, 0.3) is 5.91 Å². The maximum absolute atomic E-state index is 14.7. The molecule has 0 saturated carbocycles. The van der Waals surface area contributed by atoms with E-state index in [9.17, 15) is 32.8 Å². The number of benzene rings is 3. The van der Waals surface area contributed by atoms with Crippen LogP contribution < -0.4 is 10.6 Å². The fourth-order valence-electron chi connectivity index (χ4n) is 5.80. The third kappa shape index (κ3) is 4.54. The van der Waals surface area contributed by atoms with Crippen LogP contribution in [0.2, 0.25) is 5.02 Å². The molecule has 3 heterocycles. The highest BCUT2D eigenvalue weighted by Gasteiger charge is 2.56. The molecule has 1 aromatic heterocycles. The molecule has 42 heavy (non-hydrogen) atoms. The Hall–Kier alpha value is -4.82. The van der Waals surface area contributed by atoms with Crippen LogP contribution in [-0.4, -0.2) is 46.2 Å². The van der Waals surface area contributed by atoms with E-state index in [2.05, 4.69) is 21.7 Å². The number of anilines is 1. The number of likely N-dealkylation sites (tertiary alicyclic amines) is 1. The van der Waals surface area contributed by atoms with Crippen LogP contribution >= 0.6 is 11.6 Å². The molecule has 0 bridgehead atoms. The summed E-state index contributed by atoms with van der Waals surface area (Å²) in [5.74, 6) is -4.27. The molecule has 3 N–H and O–H groups in total. The standard InChI is InChI=1S/C30H21ClF3N5O3/c31-16-5-6-23-20(8-16)30(29(42)38-23)12-18(13-35)39(14-30)28(41)26(7-15-3-1-2-4-21(15)33)37-27(40)25-11-19-22(34)9-17(32)10-24(19)36-25/h1-6,8-11,18,26,36H,7,12,14H2,(H,37,40)(H,38,42)/t18-,26?,30-/m0/s1. The minimum atomic E-state index is -1.38.